The van der Waals surface area contributed by atoms with E-state index >= 15 is 0 Å². The Balaban J connectivity index is 1.44. The molecule has 0 aromatic heterocycles. The second kappa shape index (κ2) is 10.9. The molecule has 0 N–H and O–H groups in total. The summed E-state index contributed by atoms with van der Waals surface area (Å²) in [6.45, 7) is 0. The highest BCUT2D eigenvalue weighted by Crippen LogP contribution is 2.48. The van der Waals surface area contributed by atoms with E-state index in [4.69, 9.17) is 0 Å². The van der Waals surface area contributed by atoms with E-state index in [1.807, 2.05) is 0 Å². The van der Waals surface area contributed by atoms with Crippen LogP contribution in [0.1, 0.15) is 0 Å². The van der Waals surface area contributed by atoms with E-state index < -0.39 is 0 Å². The maximum absolute atomic E-state index is 2.45. The van der Waals surface area contributed by atoms with Gasteiger partial charge in [0.1, 0.15) is 0 Å². The Labute approximate surface area is 268 Å². The van der Waals surface area contributed by atoms with Crippen molar-refractivity contribution in [2.45, 2.75) is 0 Å². The molecule has 9 aromatic carbocycles. The van der Waals surface area contributed by atoms with E-state index in [0.717, 1.165) is 0 Å². The molecule has 0 bridgehead atoms. The van der Waals surface area contributed by atoms with Crippen LogP contribution >= 0.6 is 0 Å². The van der Waals surface area contributed by atoms with E-state index in [-0.39, 0.29) is 0 Å². The normalized spacial score (nSPS) is 11.5. The molecule has 0 saturated heterocycles. The molecule has 46 heavy (non-hydrogen) atoms. The molecule has 0 fully saturated rings. The van der Waals surface area contributed by atoms with Gasteiger partial charge in [-0.15, -0.1) is 0 Å². The van der Waals surface area contributed by atoms with Crippen LogP contribution in [0.3, 0.4) is 0 Å². The predicted molar refractivity (Wildman–Crippen MR) is 198 cm³/mol. The van der Waals surface area contributed by atoms with Crippen molar-refractivity contribution >= 4 is 43.1 Å². The third-order valence-electron chi connectivity index (χ3n) is 9.47. The van der Waals surface area contributed by atoms with E-state index in [2.05, 4.69) is 182 Å². The maximum Gasteiger partial charge on any atom is -0.00199 e. The quantitative estimate of drug-likeness (QED) is 0.143. The minimum absolute atomic E-state index is 1.23. The molecule has 0 atom stereocenters. The van der Waals surface area contributed by atoms with Crippen LogP contribution in [0.2, 0.25) is 0 Å². The number of rotatable bonds is 4. The lowest BCUT2D eigenvalue weighted by Gasteiger charge is -2.21. The fourth-order valence-corrected chi connectivity index (χ4v) is 7.49. The standard InChI is InChI=1S/C46H30/c1-3-16-31(17-4-1)33-20-7-10-23-38(33)45-39-24-11-13-26-41(39)46(42-27-14-12-25-40(42)45)44-30-43-34(32-18-5-2-6-19-32)28-15-29-36(43)35-21-8-9-22-37(35)44/h1-30H. The average Bonchev–Trinajstić information content (AvgIpc) is 3.14. The van der Waals surface area contributed by atoms with Crippen molar-refractivity contribution in [3.05, 3.63) is 182 Å². The molecule has 0 unspecified atom stereocenters. The third kappa shape index (κ3) is 4.15. The van der Waals surface area contributed by atoms with Crippen LogP contribution in [-0.2, 0) is 0 Å². The molecule has 0 aliphatic rings. The molecule has 9 rings (SSSR count). The van der Waals surface area contributed by atoms with E-state index in [0.29, 0.717) is 0 Å². The van der Waals surface area contributed by atoms with Gasteiger partial charge < -0.3 is 0 Å². The fraction of sp³-hybridized carbons (Fsp3) is 0. The molecular weight excluding hydrogens is 553 g/mol. The van der Waals surface area contributed by atoms with Gasteiger partial charge in [-0.1, -0.05) is 176 Å². The summed E-state index contributed by atoms with van der Waals surface area (Å²) in [7, 11) is 0. The van der Waals surface area contributed by atoms with Gasteiger partial charge in [-0.2, -0.15) is 0 Å². The van der Waals surface area contributed by atoms with Crippen LogP contribution in [0.15, 0.2) is 182 Å². The van der Waals surface area contributed by atoms with Gasteiger partial charge in [0.25, 0.3) is 0 Å². The first-order valence-electron chi connectivity index (χ1n) is 16.0. The first-order chi connectivity index (χ1) is 22.9. The Hall–Kier alpha value is -5.98. The van der Waals surface area contributed by atoms with E-state index in [9.17, 15) is 0 Å². The molecule has 0 saturated carbocycles. The van der Waals surface area contributed by atoms with E-state index in [1.165, 1.54) is 87.6 Å². The van der Waals surface area contributed by atoms with Crippen LogP contribution in [-0.4, -0.2) is 0 Å². The molecule has 0 radical (unpaired) electrons. The Kier molecular flexibility index (Phi) is 6.25. The highest BCUT2D eigenvalue weighted by molar-refractivity contribution is 6.27. The number of hydrogen-bond acceptors (Lipinski definition) is 0. The largest absolute Gasteiger partial charge is 0.0622 e. The van der Waals surface area contributed by atoms with Crippen molar-refractivity contribution in [2.24, 2.45) is 0 Å². The summed E-state index contributed by atoms with van der Waals surface area (Å²) in [4.78, 5) is 0. The summed E-state index contributed by atoms with van der Waals surface area (Å²) < 4.78 is 0. The first kappa shape index (κ1) is 26.4. The highest BCUT2D eigenvalue weighted by atomic mass is 14.2. The lowest BCUT2D eigenvalue weighted by atomic mass is 9.82. The summed E-state index contributed by atoms with van der Waals surface area (Å²) >= 11 is 0. The van der Waals surface area contributed by atoms with Gasteiger partial charge in [-0.25, -0.2) is 0 Å². The molecule has 0 aliphatic carbocycles. The number of benzene rings is 9. The van der Waals surface area contributed by atoms with Gasteiger partial charge in [0.15, 0.2) is 0 Å². The van der Waals surface area contributed by atoms with Gasteiger partial charge in [0, 0.05) is 0 Å². The summed E-state index contributed by atoms with van der Waals surface area (Å²) in [5, 5.41) is 10.2. The molecule has 0 heterocycles. The smallest absolute Gasteiger partial charge is 0.00199 e. The van der Waals surface area contributed by atoms with Gasteiger partial charge in [-0.05, 0) is 93.7 Å². The van der Waals surface area contributed by atoms with Crippen molar-refractivity contribution in [1.82, 2.24) is 0 Å². The summed E-state index contributed by atoms with van der Waals surface area (Å²) in [6, 6.07) is 66.5. The Bertz CT molecular complexity index is 2500. The topological polar surface area (TPSA) is 0 Å². The van der Waals surface area contributed by atoms with Crippen molar-refractivity contribution in [1.29, 1.82) is 0 Å². The maximum atomic E-state index is 2.45. The Morgan fingerprint density at radius 3 is 1.15 bits per heavy atom. The minimum Gasteiger partial charge on any atom is -0.0622 e. The first-order valence-corrected chi connectivity index (χ1v) is 16.0. The zero-order valence-corrected chi connectivity index (χ0v) is 25.3. The SMILES string of the molecule is c1ccc(-c2ccccc2-c2c3ccccc3c(-c3cc4c(-c5ccccc5)cccc4c4ccccc34)c3ccccc23)cc1. The summed E-state index contributed by atoms with van der Waals surface area (Å²) in [6.07, 6.45) is 0. The van der Waals surface area contributed by atoms with Crippen LogP contribution in [0.25, 0.3) is 87.6 Å². The second-order valence-corrected chi connectivity index (χ2v) is 12.0. The number of fused-ring (bicyclic) bond motifs is 5. The second-order valence-electron chi connectivity index (χ2n) is 12.0. The zero-order valence-electron chi connectivity index (χ0n) is 25.3. The van der Waals surface area contributed by atoms with Gasteiger partial charge in [0.05, 0.1) is 0 Å². The van der Waals surface area contributed by atoms with Gasteiger partial charge >= 0.3 is 0 Å². The molecule has 0 heteroatoms. The minimum atomic E-state index is 1.23. The number of hydrogen-bond donors (Lipinski definition) is 0. The molecule has 9 aromatic rings. The van der Waals surface area contributed by atoms with Gasteiger partial charge in [-0.3, -0.25) is 0 Å². The van der Waals surface area contributed by atoms with Crippen LogP contribution in [0.5, 0.6) is 0 Å². The monoisotopic (exact) mass is 582 g/mol. The molecule has 214 valence electrons. The molecule has 0 spiro atoms. The highest BCUT2D eigenvalue weighted by Gasteiger charge is 2.21. The third-order valence-corrected chi connectivity index (χ3v) is 9.47. The van der Waals surface area contributed by atoms with Crippen molar-refractivity contribution in [2.75, 3.05) is 0 Å². The van der Waals surface area contributed by atoms with Crippen LogP contribution in [0.4, 0.5) is 0 Å². The average molecular weight is 583 g/mol. The van der Waals surface area contributed by atoms with Crippen molar-refractivity contribution < 1.29 is 0 Å². The predicted octanol–water partition coefficient (Wildman–Crippen LogP) is 13.0. The fourth-order valence-electron chi connectivity index (χ4n) is 7.49. The zero-order chi connectivity index (χ0) is 30.5. The Morgan fingerprint density at radius 2 is 0.565 bits per heavy atom. The molecular formula is C46H30. The summed E-state index contributed by atoms with van der Waals surface area (Å²) in [5.74, 6) is 0. The lowest BCUT2D eigenvalue weighted by molar-refractivity contribution is 1.61. The molecule has 0 amide bonds. The van der Waals surface area contributed by atoms with Crippen molar-refractivity contribution in [3.8, 4) is 44.5 Å². The van der Waals surface area contributed by atoms with Crippen LogP contribution in [0, 0.1) is 0 Å². The van der Waals surface area contributed by atoms with E-state index in [1.54, 1.807) is 0 Å². The summed E-state index contributed by atoms with van der Waals surface area (Å²) in [5.41, 5.74) is 10.0. The lowest BCUT2D eigenvalue weighted by Crippen LogP contribution is -1.94. The van der Waals surface area contributed by atoms with Crippen molar-refractivity contribution in [3.63, 3.8) is 0 Å². The van der Waals surface area contributed by atoms with Crippen LogP contribution < -0.4 is 0 Å². The Morgan fingerprint density at radius 1 is 0.196 bits per heavy atom. The molecule has 0 aliphatic heterocycles. The molecule has 0 nitrogen and oxygen atoms in total. The van der Waals surface area contributed by atoms with Gasteiger partial charge in [0.2, 0.25) is 0 Å².